The number of hydrogen-bond donors (Lipinski definition) is 2. The predicted molar refractivity (Wildman–Crippen MR) is 130 cm³/mol. The number of fused-ring (bicyclic) bond motifs is 1. The molecule has 4 aromatic rings. The van der Waals surface area contributed by atoms with E-state index >= 15 is 0 Å². The number of amides is 1. The SMILES string of the molecule is Cc1ccc(NS(=O)(=O)c2cc(C(=O)Nc3ccc4ccccc4c3)ccc2Cl)c(C)c1. The normalized spacial score (nSPS) is 11.3. The summed E-state index contributed by atoms with van der Waals surface area (Å²) in [5.41, 5.74) is 3.06. The molecule has 4 aromatic carbocycles. The highest BCUT2D eigenvalue weighted by atomic mass is 35.5. The van der Waals surface area contributed by atoms with Crippen LogP contribution >= 0.6 is 11.6 Å². The first-order valence-electron chi connectivity index (χ1n) is 9.93. The second-order valence-corrected chi connectivity index (χ2v) is 9.64. The zero-order valence-corrected chi connectivity index (χ0v) is 19.1. The first-order chi connectivity index (χ1) is 15.2. The van der Waals surface area contributed by atoms with E-state index in [9.17, 15) is 13.2 Å². The molecule has 5 nitrogen and oxygen atoms in total. The second kappa shape index (κ2) is 8.65. The van der Waals surface area contributed by atoms with Gasteiger partial charge in [0, 0.05) is 11.3 Å². The smallest absolute Gasteiger partial charge is 0.263 e. The Kier molecular flexibility index (Phi) is 5.91. The molecule has 0 saturated carbocycles. The van der Waals surface area contributed by atoms with Crippen molar-refractivity contribution in [1.29, 1.82) is 0 Å². The van der Waals surface area contributed by atoms with Crippen LogP contribution in [0, 0.1) is 13.8 Å². The first kappa shape index (κ1) is 21.9. The number of carbonyl (C=O) groups excluding carboxylic acids is 1. The third-order valence-corrected chi connectivity index (χ3v) is 6.96. The van der Waals surface area contributed by atoms with Crippen LogP contribution in [-0.4, -0.2) is 14.3 Å². The van der Waals surface area contributed by atoms with Crippen molar-refractivity contribution in [3.63, 3.8) is 0 Å². The van der Waals surface area contributed by atoms with Crippen LogP contribution in [0.3, 0.4) is 0 Å². The third kappa shape index (κ3) is 4.61. The molecule has 0 bridgehead atoms. The van der Waals surface area contributed by atoms with Gasteiger partial charge in [0.15, 0.2) is 0 Å². The van der Waals surface area contributed by atoms with E-state index in [4.69, 9.17) is 11.6 Å². The van der Waals surface area contributed by atoms with Gasteiger partial charge in [0.1, 0.15) is 4.90 Å². The standard InChI is InChI=1S/C25H21ClN2O3S/c1-16-7-12-23(17(2)13-16)28-32(30,31)24-15-20(9-11-22(24)26)25(29)27-21-10-8-18-5-3-4-6-19(18)14-21/h3-15,28H,1-2H3,(H,27,29). The summed E-state index contributed by atoms with van der Waals surface area (Å²) in [6.45, 7) is 3.75. The lowest BCUT2D eigenvalue weighted by Gasteiger charge is -2.13. The highest BCUT2D eigenvalue weighted by molar-refractivity contribution is 7.92. The van der Waals surface area contributed by atoms with Gasteiger partial charge in [-0.1, -0.05) is 59.6 Å². The Morgan fingerprint density at radius 1 is 0.844 bits per heavy atom. The number of sulfonamides is 1. The number of anilines is 2. The van der Waals surface area contributed by atoms with Crippen molar-refractivity contribution in [2.45, 2.75) is 18.7 Å². The summed E-state index contributed by atoms with van der Waals surface area (Å²) in [5.74, 6) is -0.431. The average Bonchev–Trinajstić information content (AvgIpc) is 2.75. The van der Waals surface area contributed by atoms with Crippen molar-refractivity contribution in [1.82, 2.24) is 0 Å². The molecule has 7 heteroatoms. The van der Waals surface area contributed by atoms with E-state index in [1.165, 1.54) is 18.2 Å². The summed E-state index contributed by atoms with van der Waals surface area (Å²) < 4.78 is 28.6. The van der Waals surface area contributed by atoms with Gasteiger partial charge < -0.3 is 5.32 Å². The molecule has 2 N–H and O–H groups in total. The number of hydrogen-bond acceptors (Lipinski definition) is 3. The zero-order chi connectivity index (χ0) is 22.9. The van der Waals surface area contributed by atoms with Gasteiger partial charge in [0.25, 0.3) is 15.9 Å². The average molecular weight is 465 g/mol. The molecule has 0 saturated heterocycles. The number of aryl methyl sites for hydroxylation is 2. The molecule has 0 fully saturated rings. The van der Waals surface area contributed by atoms with E-state index in [0.717, 1.165) is 21.9 Å². The molecule has 0 radical (unpaired) electrons. The van der Waals surface area contributed by atoms with E-state index in [-0.39, 0.29) is 15.5 Å². The van der Waals surface area contributed by atoms with Gasteiger partial charge >= 0.3 is 0 Å². The monoisotopic (exact) mass is 464 g/mol. The lowest BCUT2D eigenvalue weighted by molar-refractivity contribution is 0.102. The summed E-state index contributed by atoms with van der Waals surface area (Å²) >= 11 is 6.19. The van der Waals surface area contributed by atoms with Gasteiger partial charge in [-0.15, -0.1) is 0 Å². The Morgan fingerprint density at radius 2 is 1.59 bits per heavy atom. The summed E-state index contributed by atoms with van der Waals surface area (Å²) in [7, 11) is -4.00. The highest BCUT2D eigenvalue weighted by Gasteiger charge is 2.21. The van der Waals surface area contributed by atoms with E-state index in [1.54, 1.807) is 12.1 Å². The minimum atomic E-state index is -4.00. The van der Waals surface area contributed by atoms with Gasteiger partial charge in [0.2, 0.25) is 0 Å². The van der Waals surface area contributed by atoms with Gasteiger partial charge in [-0.05, 0) is 66.6 Å². The third-order valence-electron chi connectivity index (χ3n) is 5.12. The van der Waals surface area contributed by atoms with Crippen LogP contribution in [0.1, 0.15) is 21.5 Å². The summed E-state index contributed by atoms with van der Waals surface area (Å²) in [6, 6.07) is 23.0. The van der Waals surface area contributed by atoms with E-state index < -0.39 is 15.9 Å². The molecule has 0 aromatic heterocycles. The lowest BCUT2D eigenvalue weighted by Crippen LogP contribution is -2.17. The fraction of sp³-hybridized carbons (Fsp3) is 0.0800. The quantitative estimate of drug-likeness (QED) is 0.371. The molecule has 1 amide bonds. The van der Waals surface area contributed by atoms with Crippen LogP contribution < -0.4 is 10.0 Å². The number of rotatable bonds is 5. The van der Waals surface area contributed by atoms with Crippen LogP contribution in [0.4, 0.5) is 11.4 Å². The van der Waals surface area contributed by atoms with Crippen LogP contribution in [0.15, 0.2) is 83.8 Å². The maximum atomic E-state index is 13.0. The second-order valence-electron chi connectivity index (χ2n) is 7.59. The molecule has 0 aliphatic heterocycles. The Balaban J connectivity index is 1.61. The van der Waals surface area contributed by atoms with Crippen molar-refractivity contribution in [2.75, 3.05) is 10.0 Å². The van der Waals surface area contributed by atoms with Crippen molar-refractivity contribution >= 4 is 49.7 Å². The lowest BCUT2D eigenvalue weighted by atomic mass is 10.1. The molecular weight excluding hydrogens is 444 g/mol. The van der Waals surface area contributed by atoms with Crippen LogP contribution in [0.5, 0.6) is 0 Å². The van der Waals surface area contributed by atoms with Crippen molar-refractivity contribution < 1.29 is 13.2 Å². The largest absolute Gasteiger partial charge is 0.322 e. The van der Waals surface area contributed by atoms with Crippen LogP contribution in [0.25, 0.3) is 10.8 Å². The molecule has 32 heavy (non-hydrogen) atoms. The molecule has 162 valence electrons. The maximum absolute atomic E-state index is 13.0. The fourth-order valence-corrected chi connectivity index (χ4v) is 5.11. The molecule has 0 aliphatic rings. The Bertz CT molecular complexity index is 1450. The van der Waals surface area contributed by atoms with Gasteiger partial charge in [0.05, 0.1) is 10.7 Å². The topological polar surface area (TPSA) is 75.3 Å². The summed E-state index contributed by atoms with van der Waals surface area (Å²) in [4.78, 5) is 12.7. The number of carbonyl (C=O) groups is 1. The molecular formula is C25H21ClN2O3S. The molecule has 4 rings (SSSR count). The van der Waals surface area contributed by atoms with E-state index in [2.05, 4.69) is 10.0 Å². The van der Waals surface area contributed by atoms with Gasteiger partial charge in [-0.25, -0.2) is 8.42 Å². The van der Waals surface area contributed by atoms with E-state index in [0.29, 0.717) is 11.4 Å². The van der Waals surface area contributed by atoms with Crippen LogP contribution in [-0.2, 0) is 10.0 Å². The number of nitrogens with one attached hydrogen (secondary N) is 2. The zero-order valence-electron chi connectivity index (χ0n) is 17.5. The molecule has 0 aliphatic carbocycles. The Morgan fingerprint density at radius 3 is 2.34 bits per heavy atom. The van der Waals surface area contributed by atoms with E-state index in [1.807, 2.05) is 62.4 Å². The molecule has 0 unspecified atom stereocenters. The first-order valence-corrected chi connectivity index (χ1v) is 11.8. The highest BCUT2D eigenvalue weighted by Crippen LogP contribution is 2.27. The maximum Gasteiger partial charge on any atom is 0.263 e. The van der Waals surface area contributed by atoms with Crippen LogP contribution in [0.2, 0.25) is 5.02 Å². The fourth-order valence-electron chi connectivity index (χ4n) is 3.45. The summed E-state index contributed by atoms with van der Waals surface area (Å²) in [5, 5.41) is 4.89. The van der Waals surface area contributed by atoms with Gasteiger partial charge in [-0.2, -0.15) is 0 Å². The minimum absolute atomic E-state index is 0.0320. The van der Waals surface area contributed by atoms with Gasteiger partial charge in [-0.3, -0.25) is 9.52 Å². The number of halogens is 1. The molecule has 0 spiro atoms. The Labute approximate surface area is 192 Å². The molecule has 0 heterocycles. The summed E-state index contributed by atoms with van der Waals surface area (Å²) in [6.07, 6.45) is 0. The number of benzene rings is 4. The predicted octanol–water partition coefficient (Wildman–Crippen LogP) is 6.16. The van der Waals surface area contributed by atoms with Crippen molar-refractivity contribution in [2.24, 2.45) is 0 Å². The van der Waals surface area contributed by atoms with Crippen molar-refractivity contribution in [3.8, 4) is 0 Å². The Hall–Kier alpha value is -3.35. The van der Waals surface area contributed by atoms with Crippen molar-refractivity contribution in [3.05, 3.63) is 101 Å². The minimum Gasteiger partial charge on any atom is -0.322 e. The molecule has 0 atom stereocenters.